The van der Waals surface area contributed by atoms with Gasteiger partial charge in [0.2, 0.25) is 0 Å². The second kappa shape index (κ2) is 4.61. The van der Waals surface area contributed by atoms with Gasteiger partial charge in [-0.1, -0.05) is 5.21 Å². The highest BCUT2D eigenvalue weighted by Gasteiger charge is 2.06. The molecule has 3 aromatic rings. The molecule has 5 heteroatoms. The van der Waals surface area contributed by atoms with Gasteiger partial charge in [0.25, 0.3) is 0 Å². The number of rotatable bonds is 2. The zero-order chi connectivity index (χ0) is 13.2. The lowest BCUT2D eigenvalue weighted by Crippen LogP contribution is -1.96. The van der Waals surface area contributed by atoms with Crippen LogP contribution in [0, 0.1) is 12.7 Å². The Kier molecular flexibility index (Phi) is 2.79. The third kappa shape index (κ3) is 2.22. The van der Waals surface area contributed by atoms with Gasteiger partial charge in [0, 0.05) is 18.0 Å². The summed E-state index contributed by atoms with van der Waals surface area (Å²) < 4.78 is 14.9. The molecule has 0 aliphatic carbocycles. The SMILES string of the molecule is Cc1cc(-n2cc(-c3cccnc3)nn2)ccc1F. The molecule has 0 fully saturated rings. The van der Waals surface area contributed by atoms with Crippen molar-refractivity contribution in [2.24, 2.45) is 0 Å². The summed E-state index contributed by atoms with van der Waals surface area (Å²) in [6.45, 7) is 1.72. The van der Waals surface area contributed by atoms with Crippen molar-refractivity contribution in [2.75, 3.05) is 0 Å². The number of aryl methyl sites for hydroxylation is 1. The second-order valence-electron chi connectivity index (χ2n) is 4.22. The monoisotopic (exact) mass is 254 g/mol. The van der Waals surface area contributed by atoms with Gasteiger partial charge in [-0.15, -0.1) is 5.10 Å². The minimum Gasteiger partial charge on any atom is -0.264 e. The number of nitrogens with zero attached hydrogens (tertiary/aromatic N) is 4. The quantitative estimate of drug-likeness (QED) is 0.706. The number of halogens is 1. The molecule has 0 unspecified atom stereocenters. The summed E-state index contributed by atoms with van der Waals surface area (Å²) in [6, 6.07) is 8.59. The maximum Gasteiger partial charge on any atom is 0.126 e. The Bertz CT molecular complexity index is 706. The van der Waals surface area contributed by atoms with Crippen LogP contribution in [-0.2, 0) is 0 Å². The van der Waals surface area contributed by atoms with Crippen LogP contribution in [-0.4, -0.2) is 20.0 Å². The number of benzene rings is 1. The van der Waals surface area contributed by atoms with Crippen molar-refractivity contribution in [3.05, 3.63) is 60.3 Å². The Morgan fingerprint density at radius 3 is 2.84 bits per heavy atom. The van der Waals surface area contributed by atoms with Gasteiger partial charge >= 0.3 is 0 Å². The number of aromatic nitrogens is 4. The number of hydrogen-bond acceptors (Lipinski definition) is 3. The molecular formula is C14H11FN4. The van der Waals surface area contributed by atoms with E-state index < -0.39 is 0 Å². The van der Waals surface area contributed by atoms with E-state index in [2.05, 4.69) is 15.3 Å². The highest BCUT2D eigenvalue weighted by atomic mass is 19.1. The molecule has 19 heavy (non-hydrogen) atoms. The fourth-order valence-corrected chi connectivity index (χ4v) is 1.81. The summed E-state index contributed by atoms with van der Waals surface area (Å²) in [5, 5.41) is 8.14. The normalized spacial score (nSPS) is 10.6. The molecule has 0 N–H and O–H groups in total. The molecule has 94 valence electrons. The van der Waals surface area contributed by atoms with Gasteiger partial charge in [0.05, 0.1) is 11.9 Å². The molecule has 3 rings (SSSR count). The van der Waals surface area contributed by atoms with Gasteiger partial charge in [-0.05, 0) is 42.8 Å². The van der Waals surface area contributed by atoms with Crippen LogP contribution in [0.4, 0.5) is 4.39 Å². The standard InChI is InChI=1S/C14H11FN4/c1-10-7-12(4-5-13(10)15)19-9-14(17-18-19)11-3-2-6-16-8-11/h2-9H,1H3. The Hall–Kier alpha value is -2.56. The van der Waals surface area contributed by atoms with Crippen LogP contribution in [0.15, 0.2) is 48.9 Å². The van der Waals surface area contributed by atoms with Crippen LogP contribution >= 0.6 is 0 Å². The van der Waals surface area contributed by atoms with Gasteiger partial charge in [0.15, 0.2) is 0 Å². The van der Waals surface area contributed by atoms with E-state index in [1.807, 2.05) is 12.1 Å². The molecule has 4 nitrogen and oxygen atoms in total. The smallest absolute Gasteiger partial charge is 0.126 e. The summed E-state index contributed by atoms with van der Waals surface area (Å²) in [6.07, 6.45) is 5.23. The van der Waals surface area contributed by atoms with E-state index in [1.165, 1.54) is 6.07 Å². The molecule has 0 amide bonds. The molecule has 2 aromatic heterocycles. The molecular weight excluding hydrogens is 243 g/mol. The van der Waals surface area contributed by atoms with Crippen molar-refractivity contribution in [2.45, 2.75) is 6.92 Å². The first-order valence-corrected chi connectivity index (χ1v) is 5.83. The first-order valence-electron chi connectivity index (χ1n) is 5.83. The molecule has 0 saturated carbocycles. The van der Waals surface area contributed by atoms with Crippen LogP contribution < -0.4 is 0 Å². The second-order valence-corrected chi connectivity index (χ2v) is 4.22. The summed E-state index contributed by atoms with van der Waals surface area (Å²) in [5.74, 6) is -0.226. The van der Waals surface area contributed by atoms with E-state index >= 15 is 0 Å². The fraction of sp³-hybridized carbons (Fsp3) is 0.0714. The Labute approximate surface area is 109 Å². The summed E-state index contributed by atoms with van der Waals surface area (Å²) >= 11 is 0. The summed E-state index contributed by atoms with van der Waals surface area (Å²) in [7, 11) is 0. The molecule has 1 aromatic carbocycles. The van der Waals surface area contributed by atoms with Crippen molar-refractivity contribution in [3.8, 4) is 16.9 Å². The topological polar surface area (TPSA) is 43.6 Å². The van der Waals surface area contributed by atoms with E-state index in [0.717, 1.165) is 16.9 Å². The van der Waals surface area contributed by atoms with Crippen LogP contribution in [0.25, 0.3) is 16.9 Å². The third-order valence-corrected chi connectivity index (χ3v) is 2.86. The molecule has 0 atom stereocenters. The van der Waals surface area contributed by atoms with Crippen LogP contribution in [0.1, 0.15) is 5.56 Å². The van der Waals surface area contributed by atoms with E-state index in [-0.39, 0.29) is 5.82 Å². The Morgan fingerprint density at radius 2 is 2.11 bits per heavy atom. The van der Waals surface area contributed by atoms with E-state index in [0.29, 0.717) is 5.56 Å². The number of pyridine rings is 1. The molecule has 0 radical (unpaired) electrons. The average molecular weight is 254 g/mol. The van der Waals surface area contributed by atoms with Gasteiger partial charge in [-0.3, -0.25) is 4.98 Å². The average Bonchev–Trinajstić information content (AvgIpc) is 2.93. The van der Waals surface area contributed by atoms with Crippen molar-refractivity contribution < 1.29 is 4.39 Å². The summed E-state index contributed by atoms with van der Waals surface area (Å²) in [4.78, 5) is 4.04. The lowest BCUT2D eigenvalue weighted by Gasteiger charge is -2.01. The lowest BCUT2D eigenvalue weighted by atomic mass is 10.2. The summed E-state index contributed by atoms with van der Waals surface area (Å²) in [5.41, 5.74) is 2.99. The van der Waals surface area contributed by atoms with Crippen molar-refractivity contribution in [3.63, 3.8) is 0 Å². The fourth-order valence-electron chi connectivity index (χ4n) is 1.81. The van der Waals surface area contributed by atoms with Crippen molar-refractivity contribution in [1.29, 1.82) is 0 Å². The first kappa shape index (κ1) is 11.5. The largest absolute Gasteiger partial charge is 0.264 e. The van der Waals surface area contributed by atoms with E-state index in [9.17, 15) is 4.39 Å². The minimum atomic E-state index is -0.226. The highest BCUT2D eigenvalue weighted by molar-refractivity contribution is 5.56. The van der Waals surface area contributed by atoms with Gasteiger partial charge in [-0.25, -0.2) is 9.07 Å². The van der Waals surface area contributed by atoms with Gasteiger partial charge < -0.3 is 0 Å². The highest BCUT2D eigenvalue weighted by Crippen LogP contribution is 2.17. The molecule has 0 bridgehead atoms. The molecule has 0 aliphatic rings. The van der Waals surface area contributed by atoms with Crippen molar-refractivity contribution >= 4 is 0 Å². The van der Waals surface area contributed by atoms with Gasteiger partial charge in [-0.2, -0.15) is 0 Å². The maximum absolute atomic E-state index is 13.2. The van der Waals surface area contributed by atoms with Crippen LogP contribution in [0.2, 0.25) is 0 Å². The Balaban J connectivity index is 1.99. The third-order valence-electron chi connectivity index (χ3n) is 2.86. The van der Waals surface area contributed by atoms with Crippen molar-refractivity contribution in [1.82, 2.24) is 20.0 Å². The zero-order valence-electron chi connectivity index (χ0n) is 10.3. The molecule has 2 heterocycles. The predicted octanol–water partition coefficient (Wildman–Crippen LogP) is 2.78. The van der Waals surface area contributed by atoms with Crippen LogP contribution in [0.3, 0.4) is 0 Å². The minimum absolute atomic E-state index is 0.226. The number of hydrogen-bond donors (Lipinski definition) is 0. The maximum atomic E-state index is 13.2. The van der Waals surface area contributed by atoms with E-state index in [1.54, 1.807) is 42.3 Å². The molecule has 0 aliphatic heterocycles. The Morgan fingerprint density at radius 1 is 1.21 bits per heavy atom. The first-order chi connectivity index (χ1) is 9.24. The van der Waals surface area contributed by atoms with Crippen LogP contribution in [0.5, 0.6) is 0 Å². The molecule has 0 spiro atoms. The zero-order valence-corrected chi connectivity index (χ0v) is 10.3. The van der Waals surface area contributed by atoms with E-state index in [4.69, 9.17) is 0 Å². The molecule has 0 saturated heterocycles. The van der Waals surface area contributed by atoms with Gasteiger partial charge in [0.1, 0.15) is 11.5 Å². The predicted molar refractivity (Wildman–Crippen MR) is 69.3 cm³/mol. The lowest BCUT2D eigenvalue weighted by molar-refractivity contribution is 0.617.